The average Bonchev–Trinajstić information content (AvgIpc) is 3.54. The zero-order valence-corrected chi connectivity index (χ0v) is 21.9. The number of methoxy groups -OCH3 is 1. The molecule has 1 aliphatic rings. The highest BCUT2D eigenvalue weighted by Crippen LogP contribution is 2.37. The molecule has 11 nitrogen and oxygen atoms in total. The fourth-order valence-corrected chi connectivity index (χ4v) is 4.99. The van der Waals surface area contributed by atoms with Crippen LogP contribution in [0.4, 0.5) is 15.8 Å². The van der Waals surface area contributed by atoms with E-state index in [0.717, 1.165) is 0 Å². The van der Waals surface area contributed by atoms with E-state index in [1.165, 1.54) is 37.7 Å². The van der Waals surface area contributed by atoms with Crippen molar-refractivity contribution in [2.24, 2.45) is 12.8 Å². The highest BCUT2D eigenvalue weighted by Gasteiger charge is 2.32. The highest BCUT2D eigenvalue weighted by atomic mass is 19.1. The molecule has 0 aliphatic carbocycles. The molecular weight excluding hydrogens is 515 g/mol. The summed E-state index contributed by atoms with van der Waals surface area (Å²) in [4.78, 5) is 23.8. The van der Waals surface area contributed by atoms with Crippen molar-refractivity contribution in [3.63, 3.8) is 0 Å². The third-order valence-corrected chi connectivity index (χ3v) is 6.85. The van der Waals surface area contributed by atoms with Crippen LogP contribution in [0.5, 0.6) is 5.75 Å². The maximum atomic E-state index is 14.6. The third-order valence-electron chi connectivity index (χ3n) is 6.85. The molecule has 0 spiro atoms. The molecule has 40 heavy (non-hydrogen) atoms. The third kappa shape index (κ3) is 4.95. The Hall–Kier alpha value is -4.86. The number of aromatic nitrogens is 4. The second-order valence-corrected chi connectivity index (χ2v) is 9.40. The minimum Gasteiger partial charge on any atom is -0.496 e. The lowest BCUT2D eigenvalue weighted by atomic mass is 10.1. The number of amides is 1. The van der Waals surface area contributed by atoms with Gasteiger partial charge in [-0.05, 0) is 36.8 Å². The number of nitrogens with two attached hydrogens (primary N) is 1. The standard InChI is InChI=1S/C28H27FN8O3/c1-36-26(17(12-30)13-33-36)16-6-7-21(23(10-16)37-14-18(31)11-19(37)15-38)35-28(39)22-8-9-32-27(34-22)25-20(29)4-3-5-24(25)40-2/h3-10,13,18-19,38H,11,14-15,31H2,1-2H3,(H,35,39). The van der Waals surface area contributed by atoms with Crippen LogP contribution < -0.4 is 20.7 Å². The van der Waals surface area contributed by atoms with Crippen molar-refractivity contribution >= 4 is 17.3 Å². The number of nitrogens with zero attached hydrogens (tertiary/aromatic N) is 6. The molecule has 1 amide bonds. The predicted molar refractivity (Wildman–Crippen MR) is 146 cm³/mol. The van der Waals surface area contributed by atoms with Crippen LogP contribution in [0.3, 0.4) is 0 Å². The summed E-state index contributed by atoms with van der Waals surface area (Å²) in [5, 5.41) is 26.7. The molecule has 3 heterocycles. The number of hydrogen-bond acceptors (Lipinski definition) is 9. The maximum Gasteiger partial charge on any atom is 0.274 e. The first-order chi connectivity index (χ1) is 19.3. The SMILES string of the molecule is COc1cccc(F)c1-c1nccc(C(=O)Nc2ccc(-c3c(C#N)cnn3C)cc2N2CC(N)CC2CO)n1. The first kappa shape index (κ1) is 26.7. The van der Waals surface area contributed by atoms with E-state index in [1.54, 1.807) is 29.9 Å². The van der Waals surface area contributed by atoms with E-state index in [4.69, 9.17) is 10.5 Å². The number of aliphatic hydroxyl groups is 1. The fourth-order valence-electron chi connectivity index (χ4n) is 4.99. The van der Waals surface area contributed by atoms with Crippen LogP contribution in [0.1, 0.15) is 22.5 Å². The zero-order valence-electron chi connectivity index (χ0n) is 21.9. The van der Waals surface area contributed by atoms with Crippen molar-refractivity contribution in [1.82, 2.24) is 19.7 Å². The van der Waals surface area contributed by atoms with E-state index in [0.29, 0.717) is 41.2 Å². The van der Waals surface area contributed by atoms with Crippen LogP contribution in [0.25, 0.3) is 22.6 Å². The number of hydrogen-bond donors (Lipinski definition) is 3. The molecule has 0 saturated carbocycles. The molecule has 12 heteroatoms. The Bertz CT molecular complexity index is 1620. The van der Waals surface area contributed by atoms with Gasteiger partial charge in [-0.3, -0.25) is 9.48 Å². The molecular formula is C28H27FN8O3. The van der Waals surface area contributed by atoms with Crippen molar-refractivity contribution in [2.45, 2.75) is 18.5 Å². The summed E-state index contributed by atoms with van der Waals surface area (Å²) in [6.45, 7) is 0.332. The van der Waals surface area contributed by atoms with Gasteiger partial charge in [0.1, 0.15) is 23.3 Å². The van der Waals surface area contributed by atoms with Crippen molar-refractivity contribution in [2.75, 3.05) is 30.5 Å². The number of ether oxygens (including phenoxy) is 1. The zero-order chi connectivity index (χ0) is 28.4. The van der Waals surface area contributed by atoms with Gasteiger partial charge in [-0.1, -0.05) is 12.1 Å². The molecule has 1 aliphatic heterocycles. The summed E-state index contributed by atoms with van der Waals surface area (Å²) >= 11 is 0. The second kappa shape index (κ2) is 11.1. The van der Waals surface area contributed by atoms with Gasteiger partial charge < -0.3 is 25.8 Å². The summed E-state index contributed by atoms with van der Waals surface area (Å²) < 4.78 is 21.5. The lowest BCUT2D eigenvalue weighted by molar-refractivity contribution is 0.102. The molecule has 0 radical (unpaired) electrons. The van der Waals surface area contributed by atoms with Gasteiger partial charge in [0.15, 0.2) is 5.82 Å². The topological polar surface area (TPSA) is 155 Å². The molecule has 1 fully saturated rings. The smallest absolute Gasteiger partial charge is 0.274 e. The molecule has 0 bridgehead atoms. The Labute approximate surface area is 229 Å². The lowest BCUT2D eigenvalue weighted by Crippen LogP contribution is -2.33. The van der Waals surface area contributed by atoms with Gasteiger partial charge in [0.25, 0.3) is 5.91 Å². The molecule has 4 N–H and O–H groups in total. The summed E-state index contributed by atoms with van der Waals surface area (Å²) in [6.07, 6.45) is 3.44. The number of aryl methyl sites for hydroxylation is 1. The van der Waals surface area contributed by atoms with Gasteiger partial charge in [0.2, 0.25) is 0 Å². The molecule has 2 aromatic heterocycles. The Morgan fingerprint density at radius 1 is 1.32 bits per heavy atom. The highest BCUT2D eigenvalue weighted by molar-refractivity contribution is 6.05. The minimum atomic E-state index is -0.581. The van der Waals surface area contributed by atoms with Crippen LogP contribution in [0.2, 0.25) is 0 Å². The number of halogens is 1. The number of aliphatic hydroxyl groups excluding tert-OH is 1. The van der Waals surface area contributed by atoms with Crippen molar-refractivity contribution in [1.29, 1.82) is 5.26 Å². The summed E-state index contributed by atoms with van der Waals surface area (Å²) in [6, 6.07) is 12.8. The number of benzene rings is 2. The molecule has 2 atom stereocenters. The molecule has 1 saturated heterocycles. The largest absolute Gasteiger partial charge is 0.496 e. The van der Waals surface area contributed by atoms with E-state index in [9.17, 15) is 19.6 Å². The van der Waals surface area contributed by atoms with Gasteiger partial charge >= 0.3 is 0 Å². The number of rotatable bonds is 7. The van der Waals surface area contributed by atoms with E-state index in [1.807, 2.05) is 11.0 Å². The quantitative estimate of drug-likeness (QED) is 0.320. The molecule has 5 rings (SSSR count). The number of nitrogens with one attached hydrogen (secondary N) is 1. The maximum absolute atomic E-state index is 14.6. The Balaban J connectivity index is 1.54. The summed E-state index contributed by atoms with van der Waals surface area (Å²) in [5.41, 5.74) is 9.08. The van der Waals surface area contributed by atoms with Crippen LogP contribution in [0, 0.1) is 17.1 Å². The minimum absolute atomic E-state index is 0.00396. The summed E-state index contributed by atoms with van der Waals surface area (Å²) in [5.74, 6) is -0.885. The molecule has 4 aromatic rings. The Morgan fingerprint density at radius 2 is 2.15 bits per heavy atom. The van der Waals surface area contributed by atoms with E-state index >= 15 is 0 Å². The Morgan fingerprint density at radius 3 is 2.90 bits per heavy atom. The van der Waals surface area contributed by atoms with Crippen molar-refractivity contribution < 1.29 is 19.0 Å². The molecule has 2 aromatic carbocycles. The predicted octanol–water partition coefficient (Wildman–Crippen LogP) is 2.71. The van der Waals surface area contributed by atoms with Gasteiger partial charge in [-0.2, -0.15) is 10.4 Å². The normalized spacial score (nSPS) is 16.6. The number of anilines is 2. The Kier molecular flexibility index (Phi) is 7.41. The first-order valence-corrected chi connectivity index (χ1v) is 12.5. The van der Waals surface area contributed by atoms with Crippen molar-refractivity contribution in [3.8, 4) is 34.5 Å². The van der Waals surface area contributed by atoms with Crippen molar-refractivity contribution in [3.05, 3.63) is 71.9 Å². The molecule has 2 unspecified atom stereocenters. The first-order valence-electron chi connectivity index (χ1n) is 12.5. The van der Waals surface area contributed by atoms with E-state index in [2.05, 4.69) is 26.5 Å². The second-order valence-electron chi connectivity index (χ2n) is 9.40. The summed E-state index contributed by atoms with van der Waals surface area (Å²) in [7, 11) is 3.15. The fraction of sp³-hybridized carbons (Fsp3) is 0.250. The van der Waals surface area contributed by atoms with Gasteiger partial charge in [-0.25, -0.2) is 14.4 Å². The lowest BCUT2D eigenvalue weighted by Gasteiger charge is -2.28. The van der Waals surface area contributed by atoms with Gasteiger partial charge in [0, 0.05) is 31.4 Å². The van der Waals surface area contributed by atoms with Crippen LogP contribution in [-0.2, 0) is 7.05 Å². The number of nitriles is 1. The number of carbonyl (C=O) groups excluding carboxylic acids is 1. The van der Waals surface area contributed by atoms with Gasteiger partial charge in [-0.15, -0.1) is 0 Å². The number of carbonyl (C=O) groups is 1. The average molecular weight is 543 g/mol. The van der Waals surface area contributed by atoms with Crippen LogP contribution >= 0.6 is 0 Å². The van der Waals surface area contributed by atoms with E-state index in [-0.39, 0.29) is 41.5 Å². The van der Waals surface area contributed by atoms with Gasteiger partial charge in [0.05, 0.1) is 54.2 Å². The van der Waals surface area contributed by atoms with E-state index < -0.39 is 11.7 Å². The van der Waals surface area contributed by atoms with Crippen LogP contribution in [-0.4, -0.2) is 63.1 Å². The monoisotopic (exact) mass is 542 g/mol. The van der Waals surface area contributed by atoms with Crippen LogP contribution in [0.15, 0.2) is 54.9 Å². The molecule has 204 valence electrons.